The van der Waals surface area contributed by atoms with E-state index in [1.807, 2.05) is 18.2 Å². The molecule has 14 heteroatoms. The molecule has 10 nitrogen and oxygen atoms in total. The number of hydrogen-bond donors (Lipinski definition) is 4. The molecule has 0 aliphatic heterocycles. The van der Waals surface area contributed by atoms with E-state index < -0.39 is 22.3 Å². The van der Waals surface area contributed by atoms with Gasteiger partial charge in [-0.1, -0.05) is 35.3 Å². The number of aliphatic hydroxyl groups is 1. The van der Waals surface area contributed by atoms with E-state index in [0.29, 0.717) is 32.9 Å². The number of rotatable bonds is 10. The van der Waals surface area contributed by atoms with Crippen molar-refractivity contribution in [2.75, 3.05) is 19.0 Å². The molecule has 198 valence electrons. The summed E-state index contributed by atoms with van der Waals surface area (Å²) in [6, 6.07) is 8.59. The molecule has 4 rings (SSSR count). The van der Waals surface area contributed by atoms with Crippen molar-refractivity contribution in [2.45, 2.75) is 31.0 Å². The van der Waals surface area contributed by atoms with Crippen LogP contribution in [0.4, 0.5) is 5.82 Å². The van der Waals surface area contributed by atoms with Gasteiger partial charge >= 0.3 is 10.3 Å². The summed E-state index contributed by atoms with van der Waals surface area (Å²) in [7, 11) is -2.31. The Kier molecular flexibility index (Phi) is 8.81. The molecular formula is C23H25Cl2N5O5S2. The first-order valence-corrected chi connectivity index (χ1v) is 14.3. The SMILES string of the molecule is CN[C@@H](c1cccc(Cl)c1)c1cc(C(=O)c2cncnc2N[C@@H]2C[C@H](COS(N)(=O)=O)[C@@H](O)C2)sc1Cl. The van der Waals surface area contributed by atoms with Crippen molar-refractivity contribution in [3.63, 3.8) is 0 Å². The Balaban J connectivity index is 1.53. The summed E-state index contributed by atoms with van der Waals surface area (Å²) in [5, 5.41) is 22.2. The first kappa shape index (κ1) is 27.9. The van der Waals surface area contributed by atoms with Crippen LogP contribution in [-0.2, 0) is 14.5 Å². The van der Waals surface area contributed by atoms with Crippen molar-refractivity contribution in [1.29, 1.82) is 0 Å². The number of carbonyl (C=O) groups excluding carboxylic acids is 1. The highest BCUT2D eigenvalue weighted by Crippen LogP contribution is 2.37. The third kappa shape index (κ3) is 6.84. The molecule has 0 radical (unpaired) electrons. The van der Waals surface area contributed by atoms with E-state index in [4.69, 9.17) is 28.3 Å². The summed E-state index contributed by atoms with van der Waals surface area (Å²) in [5.74, 6) is -0.452. The number of thiophene rings is 1. The second kappa shape index (κ2) is 11.7. The van der Waals surface area contributed by atoms with Crippen LogP contribution in [0.5, 0.6) is 0 Å². The van der Waals surface area contributed by atoms with E-state index in [1.165, 1.54) is 12.5 Å². The van der Waals surface area contributed by atoms with Crippen LogP contribution in [-0.4, -0.2) is 55.1 Å². The maximum Gasteiger partial charge on any atom is 0.333 e. The third-order valence-corrected chi connectivity index (χ3v) is 8.21. The summed E-state index contributed by atoms with van der Waals surface area (Å²) in [6.45, 7) is -0.233. The maximum atomic E-state index is 13.5. The summed E-state index contributed by atoms with van der Waals surface area (Å²) in [4.78, 5) is 22.1. The summed E-state index contributed by atoms with van der Waals surface area (Å²) >= 11 is 13.9. The topological polar surface area (TPSA) is 157 Å². The number of aromatic nitrogens is 2. The number of nitrogens with two attached hydrogens (primary N) is 1. The van der Waals surface area contributed by atoms with Gasteiger partial charge in [-0.05, 0) is 43.7 Å². The zero-order chi connectivity index (χ0) is 26.7. The molecule has 0 spiro atoms. The Morgan fingerprint density at radius 2 is 2.11 bits per heavy atom. The van der Waals surface area contributed by atoms with Crippen LogP contribution in [0.15, 0.2) is 42.9 Å². The van der Waals surface area contributed by atoms with Crippen LogP contribution < -0.4 is 15.8 Å². The molecule has 1 aromatic carbocycles. The number of benzene rings is 1. The molecular weight excluding hydrogens is 561 g/mol. The van der Waals surface area contributed by atoms with E-state index in [0.717, 1.165) is 22.5 Å². The van der Waals surface area contributed by atoms with Crippen LogP contribution >= 0.6 is 34.5 Å². The number of nitrogens with one attached hydrogen (secondary N) is 2. The van der Waals surface area contributed by atoms with Crippen molar-refractivity contribution in [3.8, 4) is 0 Å². The molecule has 3 aromatic rings. The molecule has 1 saturated carbocycles. The van der Waals surface area contributed by atoms with Gasteiger partial charge < -0.3 is 15.7 Å². The van der Waals surface area contributed by atoms with Crippen LogP contribution in [0.2, 0.25) is 9.36 Å². The lowest BCUT2D eigenvalue weighted by Crippen LogP contribution is -2.24. The monoisotopic (exact) mass is 585 g/mol. The first-order valence-electron chi connectivity index (χ1n) is 11.2. The van der Waals surface area contributed by atoms with Gasteiger partial charge in [0.1, 0.15) is 12.1 Å². The highest BCUT2D eigenvalue weighted by Gasteiger charge is 2.35. The fourth-order valence-corrected chi connectivity index (χ4v) is 6.25. The van der Waals surface area contributed by atoms with E-state index in [2.05, 4.69) is 24.8 Å². The van der Waals surface area contributed by atoms with Crippen LogP contribution in [0.3, 0.4) is 0 Å². The van der Waals surface area contributed by atoms with Gasteiger partial charge in [0.05, 0.1) is 33.5 Å². The average molecular weight is 587 g/mol. The van der Waals surface area contributed by atoms with Gasteiger partial charge in [0.2, 0.25) is 5.78 Å². The number of carbonyl (C=O) groups is 1. The predicted octanol–water partition coefficient (Wildman–Crippen LogP) is 3.16. The van der Waals surface area contributed by atoms with E-state index in [1.54, 1.807) is 19.2 Å². The molecule has 2 heterocycles. The lowest BCUT2D eigenvalue weighted by atomic mass is 10.0. The van der Waals surface area contributed by atoms with Crippen molar-refractivity contribution < 1.29 is 22.5 Å². The van der Waals surface area contributed by atoms with Crippen molar-refractivity contribution in [2.24, 2.45) is 11.1 Å². The molecule has 2 aromatic heterocycles. The van der Waals surface area contributed by atoms with Crippen molar-refractivity contribution in [3.05, 3.63) is 73.8 Å². The minimum Gasteiger partial charge on any atom is -0.393 e. The summed E-state index contributed by atoms with van der Waals surface area (Å²) in [6.07, 6.45) is 2.64. The van der Waals surface area contributed by atoms with Crippen LogP contribution in [0.25, 0.3) is 0 Å². The molecule has 37 heavy (non-hydrogen) atoms. The summed E-state index contributed by atoms with van der Waals surface area (Å²) < 4.78 is 27.3. The smallest absolute Gasteiger partial charge is 0.333 e. The zero-order valence-electron chi connectivity index (χ0n) is 19.6. The Morgan fingerprint density at radius 1 is 1.32 bits per heavy atom. The fraction of sp³-hybridized carbons (Fsp3) is 0.348. The number of ketones is 1. The second-order valence-corrected chi connectivity index (χ2v) is 12.0. The normalized spacial score (nSPS) is 20.6. The molecule has 0 bridgehead atoms. The Morgan fingerprint density at radius 3 is 2.81 bits per heavy atom. The van der Waals surface area contributed by atoms with Crippen LogP contribution in [0, 0.1) is 5.92 Å². The van der Waals surface area contributed by atoms with Crippen molar-refractivity contribution in [1.82, 2.24) is 15.3 Å². The zero-order valence-corrected chi connectivity index (χ0v) is 22.7. The third-order valence-electron chi connectivity index (χ3n) is 6.12. The molecule has 1 fully saturated rings. The lowest BCUT2D eigenvalue weighted by molar-refractivity contribution is 0.101. The van der Waals surface area contributed by atoms with Gasteiger partial charge in [0, 0.05) is 28.7 Å². The molecule has 1 aliphatic carbocycles. The number of anilines is 1. The minimum absolute atomic E-state index is 0.233. The Labute approximate surface area is 228 Å². The quantitative estimate of drug-likeness (QED) is 0.262. The number of halogens is 2. The average Bonchev–Trinajstić information content (AvgIpc) is 3.39. The van der Waals surface area contributed by atoms with Gasteiger partial charge in [-0.2, -0.15) is 8.42 Å². The first-order chi connectivity index (χ1) is 17.6. The highest BCUT2D eigenvalue weighted by molar-refractivity contribution is 7.84. The molecule has 0 saturated heterocycles. The molecule has 5 N–H and O–H groups in total. The lowest BCUT2D eigenvalue weighted by Gasteiger charge is -2.16. The van der Waals surface area contributed by atoms with Gasteiger partial charge in [-0.15, -0.1) is 11.3 Å². The van der Waals surface area contributed by atoms with Gasteiger partial charge in [0.25, 0.3) is 0 Å². The fourth-order valence-electron chi connectivity index (χ4n) is 4.40. The predicted molar refractivity (Wildman–Crippen MR) is 142 cm³/mol. The Bertz CT molecular complexity index is 1390. The van der Waals surface area contributed by atoms with Gasteiger partial charge in [0.15, 0.2) is 0 Å². The number of aliphatic hydroxyl groups excluding tert-OH is 1. The molecule has 0 amide bonds. The van der Waals surface area contributed by atoms with Crippen molar-refractivity contribution >= 4 is 56.4 Å². The Hall–Kier alpha value is -2.16. The molecule has 0 unspecified atom stereocenters. The number of hydrogen-bond acceptors (Lipinski definition) is 10. The maximum absolute atomic E-state index is 13.5. The van der Waals surface area contributed by atoms with Gasteiger partial charge in [-0.3, -0.25) is 8.98 Å². The van der Waals surface area contributed by atoms with Crippen LogP contribution in [0.1, 0.15) is 45.2 Å². The van der Waals surface area contributed by atoms with E-state index in [9.17, 15) is 18.3 Å². The standard InChI is InChI=1S/C23H25Cl2N5O5S2/c1-27-20(12-3-2-4-14(24)5-12)16-8-19(36-22(16)25)21(32)17-9-28-11-29-23(17)30-15-6-13(18(31)7-15)10-35-37(26,33)34/h2-5,8-9,11,13,15,18,20,27,31H,6-7,10H2,1H3,(H2,26,33,34)(H,28,29,30)/t13-,15-,18+,20+/m1/s1. The van der Waals surface area contributed by atoms with E-state index >= 15 is 0 Å². The number of nitrogens with zero attached hydrogens (tertiary/aromatic N) is 2. The minimum atomic E-state index is -4.11. The second-order valence-electron chi connectivity index (χ2n) is 8.65. The largest absolute Gasteiger partial charge is 0.393 e. The molecule has 4 atom stereocenters. The highest BCUT2D eigenvalue weighted by atomic mass is 35.5. The summed E-state index contributed by atoms with van der Waals surface area (Å²) in [5.41, 5.74) is 1.89. The van der Waals surface area contributed by atoms with E-state index in [-0.39, 0.29) is 30.0 Å². The molecule has 1 aliphatic rings. The van der Waals surface area contributed by atoms with Gasteiger partial charge in [-0.25, -0.2) is 15.1 Å².